The lowest BCUT2D eigenvalue weighted by atomic mass is 10.6. The van der Waals surface area contributed by atoms with Gasteiger partial charge in [-0.05, 0) is 23.2 Å². The molecule has 0 bridgehead atoms. The molecule has 0 spiro atoms. The van der Waals surface area contributed by atoms with Crippen LogP contribution in [0.25, 0.3) is 0 Å². The zero-order valence-corrected chi connectivity index (χ0v) is 7.29. The zero-order valence-electron chi connectivity index (χ0n) is 4.27. The number of hydrogen-bond donors (Lipinski definition) is 0. The van der Waals surface area contributed by atoms with Crippen LogP contribution >= 0.6 is 46.4 Å². The predicted molar refractivity (Wildman–Crippen MR) is 39.7 cm³/mol. The molecule has 0 aromatic rings. The molecule has 0 rings (SSSR count). The quantitative estimate of drug-likeness (QED) is 0.589. The van der Waals surface area contributed by atoms with Gasteiger partial charge in [-0.15, -0.1) is 0 Å². The first-order valence-electron chi connectivity index (χ1n) is 1.88. The van der Waals surface area contributed by atoms with Gasteiger partial charge < -0.3 is 0 Å². The van der Waals surface area contributed by atoms with Gasteiger partial charge in [0.15, 0.2) is 0 Å². The van der Waals surface area contributed by atoms with Gasteiger partial charge in [0.2, 0.25) is 10.6 Å². The molecule has 0 unspecified atom stereocenters. The molecule has 0 fully saturated rings. The van der Waals surface area contributed by atoms with E-state index in [2.05, 4.69) is 0 Å². The number of rotatable bonds is 1. The molecule has 6 heteroatoms. The minimum atomic E-state index is -1.30. The third-order valence-corrected chi connectivity index (χ3v) is 1.90. The Morgan fingerprint density at radius 3 is 1.00 bits per heavy atom. The summed E-state index contributed by atoms with van der Waals surface area (Å²) in [5, 5.41) is -4.09. The Labute approximate surface area is 76.0 Å². The molecular formula is C4Cl4F2. The summed E-state index contributed by atoms with van der Waals surface area (Å²) in [5.41, 5.74) is 0. The van der Waals surface area contributed by atoms with Gasteiger partial charge in [0, 0.05) is 0 Å². The van der Waals surface area contributed by atoms with E-state index in [4.69, 9.17) is 46.4 Å². The average Bonchev–Trinajstić information content (AvgIpc) is 1.84. The van der Waals surface area contributed by atoms with Gasteiger partial charge in [-0.3, -0.25) is 0 Å². The van der Waals surface area contributed by atoms with E-state index in [1.165, 1.54) is 0 Å². The smallest absolute Gasteiger partial charge is 0.192 e. The number of allylic oxidation sites excluding steroid dienone is 2. The first kappa shape index (κ1) is 10.5. The maximum atomic E-state index is 11.9. The molecular weight excluding hydrogens is 228 g/mol. The van der Waals surface area contributed by atoms with Crippen LogP contribution in [-0.4, -0.2) is 0 Å². The van der Waals surface area contributed by atoms with Crippen molar-refractivity contribution in [2.24, 2.45) is 0 Å². The Hall–Kier alpha value is 0.500. The molecule has 0 amide bonds. The van der Waals surface area contributed by atoms with Gasteiger partial charge >= 0.3 is 0 Å². The molecule has 58 valence electrons. The van der Waals surface area contributed by atoms with Crippen molar-refractivity contribution >= 4 is 46.4 Å². The lowest BCUT2D eigenvalue weighted by Crippen LogP contribution is -1.74. The Bertz CT molecular complexity index is 165. The van der Waals surface area contributed by atoms with Gasteiger partial charge in [0.25, 0.3) is 0 Å². The summed E-state index contributed by atoms with van der Waals surface area (Å²) < 4.78 is 23.7. The largest absolute Gasteiger partial charge is 0.209 e. The van der Waals surface area contributed by atoms with Gasteiger partial charge in [0.1, 0.15) is 10.1 Å². The topological polar surface area (TPSA) is 0 Å². The van der Waals surface area contributed by atoms with E-state index in [9.17, 15) is 8.78 Å². The van der Waals surface area contributed by atoms with Crippen LogP contribution in [0.1, 0.15) is 0 Å². The van der Waals surface area contributed by atoms with Crippen LogP contribution in [0.15, 0.2) is 20.6 Å². The van der Waals surface area contributed by atoms with E-state index < -0.39 is 20.6 Å². The van der Waals surface area contributed by atoms with Crippen molar-refractivity contribution in [3.8, 4) is 0 Å². The molecule has 0 heterocycles. The highest BCUT2D eigenvalue weighted by molar-refractivity contribution is 6.50. The van der Waals surface area contributed by atoms with Crippen molar-refractivity contribution in [1.82, 2.24) is 0 Å². The lowest BCUT2D eigenvalue weighted by Gasteiger charge is -1.92. The molecule has 0 aromatic heterocycles. The third kappa shape index (κ3) is 3.06. The summed E-state index contributed by atoms with van der Waals surface area (Å²) in [5.74, 6) is 0. The highest BCUT2D eigenvalue weighted by Gasteiger charge is 2.09. The second kappa shape index (κ2) is 4.39. The fourth-order valence-corrected chi connectivity index (χ4v) is 0.618. The Kier molecular flexibility index (Phi) is 4.61. The summed E-state index contributed by atoms with van der Waals surface area (Å²) in [4.78, 5) is 0. The molecule has 0 aliphatic carbocycles. The van der Waals surface area contributed by atoms with Crippen LogP contribution in [0.4, 0.5) is 8.78 Å². The summed E-state index contributed by atoms with van der Waals surface area (Å²) in [7, 11) is 0. The van der Waals surface area contributed by atoms with E-state index in [1.54, 1.807) is 0 Å². The monoisotopic (exact) mass is 226 g/mol. The fraction of sp³-hybridized carbons (Fsp3) is 0. The molecule has 0 aromatic carbocycles. The van der Waals surface area contributed by atoms with E-state index in [1.807, 2.05) is 0 Å². The fourth-order valence-electron chi connectivity index (χ4n) is 0.166. The molecule has 0 radical (unpaired) electrons. The zero-order chi connectivity index (χ0) is 8.31. The molecule has 0 saturated carbocycles. The maximum Gasteiger partial charge on any atom is 0.209 e. The highest BCUT2D eigenvalue weighted by atomic mass is 35.5. The Morgan fingerprint density at radius 2 is 0.900 bits per heavy atom. The van der Waals surface area contributed by atoms with Crippen LogP contribution in [0, 0.1) is 0 Å². The maximum absolute atomic E-state index is 11.9. The SMILES string of the molecule is F/C(Cl)=C(Cl)\C(Cl)=C(\F)Cl. The summed E-state index contributed by atoms with van der Waals surface area (Å²) >= 11 is 19.4. The molecule has 0 aliphatic heterocycles. The van der Waals surface area contributed by atoms with E-state index in [0.29, 0.717) is 0 Å². The van der Waals surface area contributed by atoms with E-state index in [0.717, 1.165) is 0 Å². The minimum Gasteiger partial charge on any atom is -0.192 e. The van der Waals surface area contributed by atoms with Crippen molar-refractivity contribution in [2.75, 3.05) is 0 Å². The molecule has 0 nitrogen and oxygen atoms in total. The van der Waals surface area contributed by atoms with Crippen LogP contribution in [0.2, 0.25) is 0 Å². The lowest BCUT2D eigenvalue weighted by molar-refractivity contribution is 0.680. The summed E-state index contributed by atoms with van der Waals surface area (Å²) in [6.45, 7) is 0. The van der Waals surface area contributed by atoms with Gasteiger partial charge in [-0.25, -0.2) is 0 Å². The Balaban J connectivity index is 4.71. The molecule has 0 atom stereocenters. The van der Waals surface area contributed by atoms with Crippen molar-refractivity contribution < 1.29 is 8.78 Å². The van der Waals surface area contributed by atoms with Gasteiger partial charge in [-0.2, -0.15) is 8.78 Å². The summed E-state index contributed by atoms with van der Waals surface area (Å²) in [6.07, 6.45) is 0. The van der Waals surface area contributed by atoms with Gasteiger partial charge in [-0.1, -0.05) is 23.2 Å². The van der Waals surface area contributed by atoms with Crippen molar-refractivity contribution in [1.29, 1.82) is 0 Å². The normalized spacial score (nSPS) is 16.2. The minimum absolute atomic E-state index is 0.740. The van der Waals surface area contributed by atoms with Crippen LogP contribution < -0.4 is 0 Å². The van der Waals surface area contributed by atoms with Crippen molar-refractivity contribution in [3.05, 3.63) is 20.6 Å². The standard InChI is InChI=1S/C4Cl4F2/c5-1(3(7)9)2(6)4(8)10/b3-1-,4-2+. The van der Waals surface area contributed by atoms with Crippen molar-refractivity contribution in [2.45, 2.75) is 0 Å². The average molecular weight is 228 g/mol. The van der Waals surface area contributed by atoms with Crippen LogP contribution in [0.3, 0.4) is 0 Å². The van der Waals surface area contributed by atoms with E-state index in [-0.39, 0.29) is 0 Å². The molecule has 0 N–H and O–H groups in total. The van der Waals surface area contributed by atoms with Crippen LogP contribution in [-0.2, 0) is 0 Å². The van der Waals surface area contributed by atoms with Crippen molar-refractivity contribution in [3.63, 3.8) is 0 Å². The van der Waals surface area contributed by atoms with Crippen LogP contribution in [0.5, 0.6) is 0 Å². The number of hydrogen-bond acceptors (Lipinski definition) is 0. The highest BCUT2D eigenvalue weighted by Crippen LogP contribution is 2.30. The van der Waals surface area contributed by atoms with Gasteiger partial charge in [0.05, 0.1) is 0 Å². The number of halogens is 6. The predicted octanol–water partition coefficient (Wildman–Crippen LogP) is 4.22. The molecule has 0 aliphatic rings. The molecule has 10 heavy (non-hydrogen) atoms. The molecule has 0 saturated heterocycles. The Morgan fingerprint density at radius 1 is 0.700 bits per heavy atom. The summed E-state index contributed by atoms with van der Waals surface area (Å²) in [6, 6.07) is 0. The second-order valence-electron chi connectivity index (χ2n) is 1.15. The first-order valence-corrected chi connectivity index (χ1v) is 3.40. The third-order valence-electron chi connectivity index (χ3n) is 0.525. The van der Waals surface area contributed by atoms with E-state index >= 15 is 0 Å². The second-order valence-corrected chi connectivity index (χ2v) is 2.57. The first-order chi connectivity index (χ1) is 4.46.